The maximum absolute atomic E-state index is 11.2. The molecule has 0 aromatic heterocycles. The van der Waals surface area contributed by atoms with Crippen LogP contribution in [0.15, 0.2) is 54.1 Å². The van der Waals surface area contributed by atoms with E-state index in [1.54, 1.807) is 24.3 Å². The first-order valence-electron chi connectivity index (χ1n) is 9.39. The molecule has 1 fully saturated rings. The van der Waals surface area contributed by atoms with Crippen LogP contribution >= 0.6 is 0 Å². The molecule has 2 N–H and O–H groups in total. The minimum atomic E-state index is -0.900. The predicted octanol–water partition coefficient (Wildman–Crippen LogP) is 4.62. The molecule has 4 heteroatoms. The minimum Gasteiger partial charge on any atom is -0.508 e. The van der Waals surface area contributed by atoms with Gasteiger partial charge in [0, 0.05) is 6.54 Å². The number of carbonyl (C=O) groups is 1. The Morgan fingerprint density at radius 3 is 2.67 bits per heavy atom. The molecule has 4 nitrogen and oxygen atoms in total. The van der Waals surface area contributed by atoms with Gasteiger partial charge in [-0.2, -0.15) is 0 Å². The summed E-state index contributed by atoms with van der Waals surface area (Å²) in [6.45, 7) is 1.02. The lowest BCUT2D eigenvalue weighted by molar-refractivity contribution is 0.0697. The molecule has 1 aliphatic carbocycles. The van der Waals surface area contributed by atoms with E-state index in [0.717, 1.165) is 31.4 Å². The van der Waals surface area contributed by atoms with E-state index in [9.17, 15) is 15.0 Å². The number of phenolic OH excluding ortho intramolecular Hbond substituents is 1. The number of nitrogens with zero attached hydrogens (tertiary/aromatic N) is 1. The molecule has 142 valence electrons. The van der Waals surface area contributed by atoms with Gasteiger partial charge in [-0.05, 0) is 80.6 Å². The predicted molar refractivity (Wildman–Crippen MR) is 108 cm³/mol. The maximum atomic E-state index is 11.2. The molecule has 2 atom stereocenters. The van der Waals surface area contributed by atoms with E-state index in [1.165, 1.54) is 11.1 Å². The highest BCUT2D eigenvalue weighted by molar-refractivity contribution is 5.88. The normalized spacial score (nSPS) is 21.5. The van der Waals surface area contributed by atoms with Crippen molar-refractivity contribution in [1.82, 2.24) is 4.90 Å². The number of carboxylic acid groups (broad SMARTS) is 1. The molecule has 0 unspecified atom stereocenters. The van der Waals surface area contributed by atoms with Crippen molar-refractivity contribution in [3.63, 3.8) is 0 Å². The molecule has 0 radical (unpaired) electrons. The lowest BCUT2D eigenvalue weighted by atomic mass is 9.73. The van der Waals surface area contributed by atoms with Gasteiger partial charge in [0.15, 0.2) is 0 Å². The summed E-state index contributed by atoms with van der Waals surface area (Å²) in [5, 5.41) is 19.1. The molecule has 0 bridgehead atoms. The van der Waals surface area contributed by atoms with E-state index < -0.39 is 5.97 Å². The van der Waals surface area contributed by atoms with Gasteiger partial charge in [0.05, 0.1) is 5.56 Å². The number of hydrogen-bond donors (Lipinski definition) is 2. The van der Waals surface area contributed by atoms with E-state index in [0.29, 0.717) is 23.1 Å². The zero-order chi connectivity index (χ0) is 19.4. The van der Waals surface area contributed by atoms with Crippen molar-refractivity contribution < 1.29 is 15.0 Å². The zero-order valence-electron chi connectivity index (χ0n) is 15.9. The van der Waals surface area contributed by atoms with Crippen molar-refractivity contribution >= 4 is 12.0 Å². The maximum Gasteiger partial charge on any atom is 0.335 e. The largest absolute Gasteiger partial charge is 0.508 e. The molecular weight excluding hydrogens is 338 g/mol. The van der Waals surface area contributed by atoms with Crippen molar-refractivity contribution in [3.05, 3.63) is 70.8 Å². The van der Waals surface area contributed by atoms with Gasteiger partial charge in [-0.3, -0.25) is 0 Å². The highest BCUT2D eigenvalue weighted by atomic mass is 16.4. The smallest absolute Gasteiger partial charge is 0.335 e. The van der Waals surface area contributed by atoms with Crippen LogP contribution in [0.25, 0.3) is 6.08 Å². The number of hydrogen-bond acceptors (Lipinski definition) is 3. The first-order valence-corrected chi connectivity index (χ1v) is 9.39. The van der Waals surface area contributed by atoms with E-state index in [2.05, 4.69) is 31.1 Å². The van der Waals surface area contributed by atoms with Gasteiger partial charge in [-0.15, -0.1) is 0 Å². The molecule has 0 saturated heterocycles. The monoisotopic (exact) mass is 365 g/mol. The Morgan fingerprint density at radius 2 is 1.96 bits per heavy atom. The lowest BCUT2D eigenvalue weighted by Crippen LogP contribution is -2.29. The quantitative estimate of drug-likeness (QED) is 0.812. The molecule has 1 saturated carbocycles. The highest BCUT2D eigenvalue weighted by Gasteiger charge is 2.29. The first kappa shape index (κ1) is 19.2. The number of benzene rings is 2. The van der Waals surface area contributed by atoms with E-state index in [4.69, 9.17) is 0 Å². The van der Waals surface area contributed by atoms with Crippen LogP contribution in [0.5, 0.6) is 5.75 Å². The van der Waals surface area contributed by atoms with Gasteiger partial charge in [0.1, 0.15) is 5.75 Å². The van der Waals surface area contributed by atoms with Gasteiger partial charge in [0.2, 0.25) is 0 Å². The van der Waals surface area contributed by atoms with Crippen molar-refractivity contribution in [3.8, 4) is 5.75 Å². The Kier molecular flexibility index (Phi) is 5.97. The summed E-state index contributed by atoms with van der Waals surface area (Å²) in [4.78, 5) is 13.4. The molecule has 3 rings (SSSR count). The van der Waals surface area contributed by atoms with E-state index >= 15 is 0 Å². The molecular formula is C23H27NO3. The SMILES string of the molecule is CN(C)C[C@@H]1CC/C(=C\c2cccc(C(=O)O)c2)C[C@H]1c1cccc(O)c1. The number of aromatic carboxylic acids is 1. The second-order valence-electron chi connectivity index (χ2n) is 7.70. The molecule has 1 aliphatic rings. The molecule has 0 amide bonds. The Bertz CT molecular complexity index is 841. The molecule has 0 aliphatic heterocycles. The van der Waals surface area contributed by atoms with Crippen LogP contribution in [0, 0.1) is 5.92 Å². The second-order valence-corrected chi connectivity index (χ2v) is 7.70. The first-order chi connectivity index (χ1) is 12.9. The number of rotatable bonds is 5. The number of aromatic hydroxyl groups is 1. The fourth-order valence-electron chi connectivity index (χ4n) is 4.08. The number of carboxylic acids is 1. The Labute approximate surface area is 160 Å². The Morgan fingerprint density at radius 1 is 1.19 bits per heavy atom. The summed E-state index contributed by atoms with van der Waals surface area (Å²) >= 11 is 0. The topological polar surface area (TPSA) is 60.8 Å². The standard InChI is InChI=1S/C23H27NO3/c1-24(2)15-20-10-9-17(11-16-5-3-7-19(12-16)23(26)27)13-22(20)18-6-4-8-21(25)14-18/h3-8,11-12,14,20,22,25H,9-10,13,15H2,1-2H3,(H,26,27)/b17-11+/t20-,22-/m0/s1. The summed E-state index contributed by atoms with van der Waals surface area (Å²) in [6.07, 6.45) is 5.17. The van der Waals surface area contributed by atoms with Crippen LogP contribution in [0.2, 0.25) is 0 Å². The van der Waals surface area contributed by atoms with Crippen molar-refractivity contribution in [1.29, 1.82) is 0 Å². The van der Waals surface area contributed by atoms with Gasteiger partial charge in [-0.1, -0.05) is 35.9 Å². The zero-order valence-corrected chi connectivity index (χ0v) is 15.9. The van der Waals surface area contributed by atoms with Crippen LogP contribution < -0.4 is 0 Å². The third-order valence-corrected chi connectivity index (χ3v) is 5.29. The third-order valence-electron chi connectivity index (χ3n) is 5.29. The summed E-state index contributed by atoms with van der Waals surface area (Å²) < 4.78 is 0. The van der Waals surface area contributed by atoms with E-state index in [1.807, 2.05) is 18.2 Å². The van der Waals surface area contributed by atoms with Crippen LogP contribution in [0.3, 0.4) is 0 Å². The summed E-state index contributed by atoms with van der Waals surface area (Å²) in [6, 6.07) is 14.7. The highest BCUT2D eigenvalue weighted by Crippen LogP contribution is 2.42. The van der Waals surface area contributed by atoms with Gasteiger partial charge >= 0.3 is 5.97 Å². The Balaban J connectivity index is 1.87. The number of allylic oxidation sites excluding steroid dienone is 1. The van der Waals surface area contributed by atoms with Gasteiger partial charge in [0.25, 0.3) is 0 Å². The van der Waals surface area contributed by atoms with Crippen LogP contribution in [0.4, 0.5) is 0 Å². The summed E-state index contributed by atoms with van der Waals surface area (Å²) in [7, 11) is 4.20. The molecule has 0 heterocycles. The number of phenols is 1. The van der Waals surface area contributed by atoms with Crippen molar-refractivity contribution in [2.24, 2.45) is 5.92 Å². The van der Waals surface area contributed by atoms with Gasteiger partial charge < -0.3 is 15.1 Å². The fraction of sp³-hybridized carbons (Fsp3) is 0.348. The van der Waals surface area contributed by atoms with Crippen molar-refractivity contribution in [2.45, 2.75) is 25.2 Å². The third kappa shape index (κ3) is 4.98. The van der Waals surface area contributed by atoms with Crippen LogP contribution in [-0.4, -0.2) is 41.7 Å². The van der Waals surface area contributed by atoms with Gasteiger partial charge in [-0.25, -0.2) is 4.79 Å². The van der Waals surface area contributed by atoms with Crippen LogP contribution in [-0.2, 0) is 0 Å². The lowest BCUT2D eigenvalue weighted by Gasteiger charge is -2.35. The summed E-state index contributed by atoms with van der Waals surface area (Å²) in [5.41, 5.74) is 3.76. The van der Waals surface area contributed by atoms with Crippen molar-refractivity contribution in [2.75, 3.05) is 20.6 Å². The average Bonchev–Trinajstić information content (AvgIpc) is 2.63. The van der Waals surface area contributed by atoms with E-state index in [-0.39, 0.29) is 0 Å². The fourth-order valence-corrected chi connectivity index (χ4v) is 4.08. The second kappa shape index (κ2) is 8.40. The Hall–Kier alpha value is -2.59. The molecule has 0 spiro atoms. The molecule has 2 aromatic carbocycles. The van der Waals surface area contributed by atoms with Crippen LogP contribution in [0.1, 0.15) is 46.7 Å². The summed E-state index contributed by atoms with van der Waals surface area (Å²) in [5.74, 6) is 0.287. The minimum absolute atomic E-state index is 0.307. The molecule has 27 heavy (non-hydrogen) atoms. The average molecular weight is 365 g/mol. The molecule has 2 aromatic rings.